The molecule has 168 valence electrons. The van der Waals surface area contributed by atoms with Gasteiger partial charge in [0.05, 0.1) is 12.1 Å². The van der Waals surface area contributed by atoms with Gasteiger partial charge in [0.15, 0.2) is 0 Å². The number of rotatable bonds is 9. The number of carbonyl (C=O) groups excluding carboxylic acids is 1. The first-order chi connectivity index (χ1) is 15.3. The van der Waals surface area contributed by atoms with E-state index in [1.807, 2.05) is 60.7 Å². The van der Waals surface area contributed by atoms with E-state index in [1.54, 1.807) is 4.90 Å². The normalized spacial score (nSPS) is 11.5. The first-order valence-corrected chi connectivity index (χ1v) is 11.8. The van der Waals surface area contributed by atoms with Crippen LogP contribution in [0.3, 0.4) is 0 Å². The molecule has 0 saturated heterocycles. The highest BCUT2D eigenvalue weighted by Gasteiger charge is 2.26. The summed E-state index contributed by atoms with van der Waals surface area (Å²) in [6.07, 6.45) is 0.671. The summed E-state index contributed by atoms with van der Waals surface area (Å²) in [5.41, 5.74) is 2.33. The van der Waals surface area contributed by atoms with Gasteiger partial charge in [-0.05, 0) is 35.7 Å². The first-order valence-electron chi connectivity index (χ1n) is 10.0. The third-order valence-electron chi connectivity index (χ3n) is 5.07. The number of benzene rings is 3. The van der Waals surface area contributed by atoms with E-state index >= 15 is 0 Å². The van der Waals surface area contributed by atoms with Crippen molar-refractivity contribution in [1.82, 2.24) is 9.37 Å². The van der Waals surface area contributed by atoms with E-state index < -0.39 is 10.0 Å². The molecule has 0 heterocycles. The molecule has 3 rings (SSSR count). The van der Waals surface area contributed by atoms with Crippen LogP contribution in [-0.4, -0.2) is 44.4 Å². The molecule has 6 nitrogen and oxygen atoms in total. The molecule has 0 radical (unpaired) electrons. The van der Waals surface area contributed by atoms with Crippen LogP contribution in [-0.2, 0) is 27.8 Å². The molecule has 0 aliphatic carbocycles. The lowest BCUT2D eigenvalue weighted by Gasteiger charge is -2.24. The van der Waals surface area contributed by atoms with Gasteiger partial charge in [-0.3, -0.25) is 9.63 Å². The van der Waals surface area contributed by atoms with E-state index in [4.69, 9.17) is 16.4 Å². The monoisotopic (exact) mass is 472 g/mol. The molecule has 0 bridgehead atoms. The highest BCUT2D eigenvalue weighted by molar-refractivity contribution is 7.89. The van der Waals surface area contributed by atoms with Crippen molar-refractivity contribution in [2.75, 3.05) is 20.7 Å². The molecule has 0 aromatic heterocycles. The van der Waals surface area contributed by atoms with Crippen molar-refractivity contribution < 1.29 is 18.0 Å². The molecule has 0 aliphatic heterocycles. The highest BCUT2D eigenvalue weighted by atomic mass is 35.5. The van der Waals surface area contributed by atoms with Gasteiger partial charge in [-0.2, -0.15) is 0 Å². The van der Waals surface area contributed by atoms with Gasteiger partial charge >= 0.3 is 0 Å². The minimum absolute atomic E-state index is 0.0179. The van der Waals surface area contributed by atoms with Gasteiger partial charge in [0.25, 0.3) is 15.9 Å². The van der Waals surface area contributed by atoms with Crippen LogP contribution in [0.5, 0.6) is 0 Å². The number of nitrogens with zero attached hydrogens (tertiary/aromatic N) is 2. The maximum atomic E-state index is 13.4. The summed E-state index contributed by atoms with van der Waals surface area (Å²) < 4.78 is 26.2. The average molecular weight is 473 g/mol. The quantitative estimate of drug-likeness (QED) is 0.433. The number of hydrogen-bond donors (Lipinski definition) is 0. The van der Waals surface area contributed by atoms with Crippen molar-refractivity contribution in [2.24, 2.45) is 0 Å². The molecule has 0 N–H and O–H groups in total. The molecule has 0 saturated carbocycles. The minimum Gasteiger partial charge on any atom is -0.334 e. The SMILES string of the molecule is CON(C)S(=O)(=O)c1cc(C(=O)N(CCc2ccccc2)Cc2ccccc2)ccc1Cl. The van der Waals surface area contributed by atoms with Crippen LogP contribution in [0.15, 0.2) is 83.8 Å². The van der Waals surface area contributed by atoms with E-state index in [9.17, 15) is 13.2 Å². The molecule has 0 spiro atoms. The molecule has 0 atom stereocenters. The molecule has 0 aliphatic rings. The zero-order chi connectivity index (χ0) is 23.1. The van der Waals surface area contributed by atoms with Crippen molar-refractivity contribution in [1.29, 1.82) is 0 Å². The van der Waals surface area contributed by atoms with Gasteiger partial charge in [-0.15, -0.1) is 0 Å². The number of hydroxylamine groups is 1. The highest BCUT2D eigenvalue weighted by Crippen LogP contribution is 2.26. The molecular formula is C24H25ClN2O4S. The van der Waals surface area contributed by atoms with Gasteiger partial charge < -0.3 is 4.90 Å². The fraction of sp³-hybridized carbons (Fsp3) is 0.208. The predicted octanol–water partition coefficient (Wildman–Crippen LogP) is 4.41. The fourth-order valence-electron chi connectivity index (χ4n) is 3.22. The third-order valence-corrected chi connectivity index (χ3v) is 7.23. The Hall–Kier alpha value is -2.71. The number of hydrogen-bond acceptors (Lipinski definition) is 4. The summed E-state index contributed by atoms with van der Waals surface area (Å²) in [6.45, 7) is 0.871. The molecular weight excluding hydrogens is 448 g/mol. The van der Waals surface area contributed by atoms with E-state index in [0.29, 0.717) is 24.0 Å². The van der Waals surface area contributed by atoms with Crippen LogP contribution in [0.4, 0.5) is 0 Å². The van der Waals surface area contributed by atoms with Crippen LogP contribution in [0.25, 0.3) is 0 Å². The number of amides is 1. The lowest BCUT2D eigenvalue weighted by Crippen LogP contribution is -2.33. The topological polar surface area (TPSA) is 66.9 Å². The fourth-order valence-corrected chi connectivity index (χ4v) is 4.69. The van der Waals surface area contributed by atoms with Gasteiger partial charge in [0.1, 0.15) is 4.90 Å². The summed E-state index contributed by atoms with van der Waals surface area (Å²) >= 11 is 6.15. The smallest absolute Gasteiger partial charge is 0.266 e. The largest absolute Gasteiger partial charge is 0.334 e. The maximum Gasteiger partial charge on any atom is 0.266 e. The standard InChI is InChI=1S/C24H25ClN2O4S/c1-26(31-2)32(29,30)23-17-21(13-14-22(23)25)24(28)27(18-20-11-7-4-8-12-20)16-15-19-9-5-3-6-10-19/h3-14,17H,15-16,18H2,1-2H3. The number of halogens is 1. The second kappa shape index (κ2) is 10.7. The van der Waals surface area contributed by atoms with E-state index in [-0.39, 0.29) is 21.4 Å². The Labute approximate surface area is 194 Å². The zero-order valence-electron chi connectivity index (χ0n) is 17.9. The molecule has 0 fully saturated rings. The van der Waals surface area contributed by atoms with Crippen molar-refractivity contribution in [2.45, 2.75) is 17.9 Å². The van der Waals surface area contributed by atoms with Gasteiger partial charge in [0, 0.05) is 25.7 Å². The second-order valence-electron chi connectivity index (χ2n) is 7.19. The summed E-state index contributed by atoms with van der Waals surface area (Å²) in [6, 6.07) is 23.8. The van der Waals surface area contributed by atoms with Gasteiger partial charge in [0.2, 0.25) is 0 Å². The van der Waals surface area contributed by atoms with E-state index in [1.165, 1.54) is 32.4 Å². The van der Waals surface area contributed by atoms with E-state index in [0.717, 1.165) is 11.1 Å². The Bertz CT molecular complexity index is 1160. The van der Waals surface area contributed by atoms with Crippen molar-refractivity contribution in [3.63, 3.8) is 0 Å². The lowest BCUT2D eigenvalue weighted by atomic mass is 10.1. The van der Waals surface area contributed by atoms with Crippen LogP contribution >= 0.6 is 11.6 Å². The third kappa shape index (κ3) is 5.75. The van der Waals surface area contributed by atoms with Gasteiger partial charge in [-0.1, -0.05) is 76.7 Å². The molecule has 32 heavy (non-hydrogen) atoms. The average Bonchev–Trinajstić information content (AvgIpc) is 2.82. The van der Waals surface area contributed by atoms with Crippen LogP contribution in [0.1, 0.15) is 21.5 Å². The molecule has 3 aromatic carbocycles. The van der Waals surface area contributed by atoms with Crippen LogP contribution in [0, 0.1) is 0 Å². The second-order valence-corrected chi connectivity index (χ2v) is 9.50. The Morgan fingerprint density at radius 1 is 0.938 bits per heavy atom. The number of sulfonamides is 1. The predicted molar refractivity (Wildman–Crippen MR) is 125 cm³/mol. The van der Waals surface area contributed by atoms with Gasteiger partial charge in [-0.25, -0.2) is 8.42 Å². The first kappa shape index (κ1) is 23.9. The Kier molecular flexibility index (Phi) is 8.04. The van der Waals surface area contributed by atoms with Crippen molar-refractivity contribution in [3.8, 4) is 0 Å². The molecule has 0 unspecified atom stereocenters. The molecule has 8 heteroatoms. The van der Waals surface area contributed by atoms with Crippen molar-refractivity contribution >= 4 is 27.5 Å². The zero-order valence-corrected chi connectivity index (χ0v) is 19.5. The summed E-state index contributed by atoms with van der Waals surface area (Å²) in [5.74, 6) is -0.280. The van der Waals surface area contributed by atoms with Crippen LogP contribution in [0.2, 0.25) is 5.02 Å². The Balaban J connectivity index is 1.92. The van der Waals surface area contributed by atoms with Crippen molar-refractivity contribution in [3.05, 3.63) is 101 Å². The van der Waals surface area contributed by atoms with E-state index in [2.05, 4.69) is 0 Å². The lowest BCUT2D eigenvalue weighted by molar-refractivity contribution is -0.0258. The Morgan fingerprint density at radius 2 is 1.53 bits per heavy atom. The van der Waals surface area contributed by atoms with Crippen LogP contribution < -0.4 is 0 Å². The Morgan fingerprint density at radius 3 is 2.12 bits per heavy atom. The summed E-state index contributed by atoms with van der Waals surface area (Å²) in [7, 11) is -1.50. The molecule has 3 aromatic rings. The minimum atomic E-state index is -4.01. The summed E-state index contributed by atoms with van der Waals surface area (Å²) in [4.78, 5) is 19.8. The maximum absolute atomic E-state index is 13.4. The number of carbonyl (C=O) groups is 1. The summed E-state index contributed by atoms with van der Waals surface area (Å²) in [5, 5.41) is 0.0179. The molecule has 1 amide bonds.